The van der Waals surface area contributed by atoms with Gasteiger partial charge in [-0.05, 0) is 49.8 Å². The highest BCUT2D eigenvalue weighted by Gasteiger charge is 2.47. The highest BCUT2D eigenvalue weighted by atomic mass is 16.5. The van der Waals surface area contributed by atoms with Gasteiger partial charge in [0.15, 0.2) is 0 Å². The third kappa shape index (κ3) is 5.45. The van der Waals surface area contributed by atoms with Crippen molar-refractivity contribution < 1.29 is 19.1 Å². The first-order valence-corrected chi connectivity index (χ1v) is 9.29. The third-order valence-corrected chi connectivity index (χ3v) is 4.76. The first kappa shape index (κ1) is 20.7. The fourth-order valence-electron chi connectivity index (χ4n) is 2.98. The summed E-state index contributed by atoms with van der Waals surface area (Å²) in [4.78, 5) is 37.9. The molecule has 27 heavy (non-hydrogen) atoms. The second-order valence-electron chi connectivity index (χ2n) is 7.53. The predicted molar refractivity (Wildman–Crippen MR) is 102 cm³/mol. The van der Waals surface area contributed by atoms with Crippen LogP contribution in [-0.4, -0.2) is 48.5 Å². The van der Waals surface area contributed by atoms with E-state index in [4.69, 9.17) is 4.74 Å². The number of carbonyl (C=O) groups excluding carboxylic acids is 3. The molecule has 7 nitrogen and oxygen atoms in total. The highest BCUT2D eigenvalue weighted by Crippen LogP contribution is 2.24. The molecule has 2 rings (SSSR count). The molecule has 1 fully saturated rings. The molecule has 1 aliphatic rings. The van der Waals surface area contributed by atoms with Gasteiger partial charge in [-0.25, -0.2) is 4.79 Å². The zero-order valence-corrected chi connectivity index (χ0v) is 16.5. The van der Waals surface area contributed by atoms with E-state index in [0.29, 0.717) is 25.3 Å². The van der Waals surface area contributed by atoms with Crippen molar-refractivity contribution in [2.75, 3.05) is 20.2 Å². The molecule has 0 bridgehead atoms. The number of nitrogens with one attached hydrogen (secondary N) is 2. The van der Waals surface area contributed by atoms with Crippen LogP contribution in [0.4, 0.5) is 4.79 Å². The van der Waals surface area contributed by atoms with Gasteiger partial charge in [0.05, 0.1) is 7.11 Å². The van der Waals surface area contributed by atoms with Crippen LogP contribution in [0.25, 0.3) is 0 Å². The summed E-state index contributed by atoms with van der Waals surface area (Å²) in [6.07, 6.45) is 2.04. The standard InChI is InChI=1S/C20H29N3O4/c1-14(2)9-11-20(3)18(25)23(19(26)22-20)13-17(24)21-12-10-15-5-7-16(27-4)8-6-15/h5-8,14H,9-13H2,1-4H3,(H,21,24)(H,22,26)/t20-/m0/s1. The van der Waals surface area contributed by atoms with Crippen LogP contribution in [0.1, 0.15) is 39.2 Å². The van der Waals surface area contributed by atoms with Gasteiger partial charge in [0.25, 0.3) is 5.91 Å². The minimum atomic E-state index is -0.926. The van der Waals surface area contributed by atoms with Crippen LogP contribution in [0.5, 0.6) is 5.75 Å². The molecular weight excluding hydrogens is 346 g/mol. The first-order chi connectivity index (χ1) is 12.7. The molecule has 0 spiro atoms. The number of rotatable bonds is 9. The highest BCUT2D eigenvalue weighted by molar-refractivity contribution is 6.08. The van der Waals surface area contributed by atoms with Crippen LogP contribution in [0.15, 0.2) is 24.3 Å². The molecule has 7 heteroatoms. The molecule has 1 aromatic carbocycles. The molecule has 0 radical (unpaired) electrons. The van der Waals surface area contributed by atoms with Gasteiger partial charge in [0.2, 0.25) is 5.91 Å². The monoisotopic (exact) mass is 375 g/mol. The SMILES string of the molecule is COc1ccc(CCNC(=O)CN2C(=O)N[C@@](C)(CCC(C)C)C2=O)cc1. The average molecular weight is 375 g/mol. The van der Waals surface area contributed by atoms with Crippen molar-refractivity contribution in [2.24, 2.45) is 5.92 Å². The summed E-state index contributed by atoms with van der Waals surface area (Å²) in [6, 6.07) is 7.09. The molecule has 1 heterocycles. The lowest BCUT2D eigenvalue weighted by Gasteiger charge is -2.22. The molecule has 4 amide bonds. The lowest BCUT2D eigenvalue weighted by Crippen LogP contribution is -2.45. The minimum absolute atomic E-state index is 0.259. The number of urea groups is 1. The number of hydrogen-bond donors (Lipinski definition) is 2. The summed E-state index contributed by atoms with van der Waals surface area (Å²) in [7, 11) is 1.61. The molecule has 0 aromatic heterocycles. The van der Waals surface area contributed by atoms with Crippen LogP contribution in [0.3, 0.4) is 0 Å². The van der Waals surface area contributed by atoms with Crippen LogP contribution in [-0.2, 0) is 16.0 Å². The van der Waals surface area contributed by atoms with Crippen LogP contribution >= 0.6 is 0 Å². The fraction of sp³-hybridized carbons (Fsp3) is 0.550. The lowest BCUT2D eigenvalue weighted by molar-refractivity contribution is -0.134. The van der Waals surface area contributed by atoms with Crippen molar-refractivity contribution in [2.45, 2.75) is 45.6 Å². The summed E-state index contributed by atoms with van der Waals surface area (Å²) in [5.74, 6) is 0.530. The van der Waals surface area contributed by atoms with Gasteiger partial charge in [-0.3, -0.25) is 14.5 Å². The average Bonchev–Trinajstić information content (AvgIpc) is 2.84. The quantitative estimate of drug-likeness (QED) is 0.647. The van der Waals surface area contributed by atoms with E-state index >= 15 is 0 Å². The second-order valence-corrected chi connectivity index (χ2v) is 7.53. The summed E-state index contributed by atoms with van der Waals surface area (Å²) < 4.78 is 5.11. The van der Waals surface area contributed by atoms with E-state index in [9.17, 15) is 14.4 Å². The zero-order chi connectivity index (χ0) is 20.0. The number of amides is 4. The Morgan fingerprint density at radius 2 is 1.93 bits per heavy atom. The first-order valence-electron chi connectivity index (χ1n) is 9.29. The van der Waals surface area contributed by atoms with Crippen LogP contribution in [0, 0.1) is 5.92 Å². The van der Waals surface area contributed by atoms with Crippen molar-refractivity contribution in [3.8, 4) is 5.75 Å². The Morgan fingerprint density at radius 1 is 1.26 bits per heavy atom. The van der Waals surface area contributed by atoms with E-state index in [1.165, 1.54) is 0 Å². The second kappa shape index (κ2) is 8.88. The van der Waals surface area contributed by atoms with E-state index in [1.54, 1.807) is 14.0 Å². The molecule has 148 valence electrons. The Bertz CT molecular complexity index is 687. The van der Waals surface area contributed by atoms with Gasteiger partial charge in [0.1, 0.15) is 17.8 Å². The normalized spacial score (nSPS) is 19.4. The molecule has 1 aromatic rings. The predicted octanol–water partition coefficient (Wildman–Crippen LogP) is 2.10. The van der Waals surface area contributed by atoms with E-state index in [-0.39, 0.29) is 18.4 Å². The Hall–Kier alpha value is -2.57. The number of benzene rings is 1. The smallest absolute Gasteiger partial charge is 0.325 e. The molecule has 1 saturated heterocycles. The number of nitrogens with zero attached hydrogens (tertiary/aromatic N) is 1. The van der Waals surface area contributed by atoms with Gasteiger partial charge in [-0.2, -0.15) is 0 Å². The topological polar surface area (TPSA) is 87.7 Å². The third-order valence-electron chi connectivity index (χ3n) is 4.76. The lowest BCUT2D eigenvalue weighted by atomic mass is 9.92. The zero-order valence-electron chi connectivity index (χ0n) is 16.5. The van der Waals surface area contributed by atoms with Crippen LogP contribution in [0.2, 0.25) is 0 Å². The van der Waals surface area contributed by atoms with Gasteiger partial charge in [-0.15, -0.1) is 0 Å². The van der Waals surface area contributed by atoms with E-state index in [2.05, 4.69) is 24.5 Å². The Balaban J connectivity index is 1.82. The van der Waals surface area contributed by atoms with E-state index in [0.717, 1.165) is 22.6 Å². The van der Waals surface area contributed by atoms with E-state index in [1.807, 2.05) is 24.3 Å². The molecule has 1 aliphatic heterocycles. The maximum atomic E-state index is 12.6. The Kier molecular flexibility index (Phi) is 6.82. The number of methoxy groups -OCH3 is 1. The van der Waals surface area contributed by atoms with Crippen molar-refractivity contribution in [3.63, 3.8) is 0 Å². The molecule has 0 unspecified atom stereocenters. The van der Waals surface area contributed by atoms with Gasteiger partial charge < -0.3 is 15.4 Å². The Labute approximate surface area is 160 Å². The molecule has 0 aliphatic carbocycles. The van der Waals surface area contributed by atoms with Crippen molar-refractivity contribution in [1.29, 1.82) is 0 Å². The fourth-order valence-corrected chi connectivity index (χ4v) is 2.98. The Morgan fingerprint density at radius 3 is 2.52 bits per heavy atom. The van der Waals surface area contributed by atoms with Crippen molar-refractivity contribution in [1.82, 2.24) is 15.5 Å². The summed E-state index contributed by atoms with van der Waals surface area (Å²) >= 11 is 0. The molecule has 1 atom stereocenters. The summed E-state index contributed by atoms with van der Waals surface area (Å²) in [5, 5.41) is 5.49. The minimum Gasteiger partial charge on any atom is -0.497 e. The molecule has 2 N–H and O–H groups in total. The van der Waals surface area contributed by atoms with Crippen LogP contribution < -0.4 is 15.4 Å². The summed E-state index contributed by atoms with van der Waals surface area (Å²) in [6.45, 7) is 6.03. The summed E-state index contributed by atoms with van der Waals surface area (Å²) in [5.41, 5.74) is 0.136. The largest absolute Gasteiger partial charge is 0.497 e. The number of carbonyl (C=O) groups is 3. The van der Waals surface area contributed by atoms with Gasteiger partial charge >= 0.3 is 6.03 Å². The van der Waals surface area contributed by atoms with Gasteiger partial charge in [-0.1, -0.05) is 26.0 Å². The van der Waals surface area contributed by atoms with Gasteiger partial charge in [0, 0.05) is 6.54 Å². The van der Waals surface area contributed by atoms with E-state index < -0.39 is 11.6 Å². The maximum Gasteiger partial charge on any atom is 0.325 e. The number of hydrogen-bond acceptors (Lipinski definition) is 4. The molecular formula is C20H29N3O4. The van der Waals surface area contributed by atoms with Crippen molar-refractivity contribution in [3.05, 3.63) is 29.8 Å². The number of imide groups is 1. The maximum absolute atomic E-state index is 12.6. The van der Waals surface area contributed by atoms with Crippen molar-refractivity contribution >= 4 is 17.8 Å². The molecule has 0 saturated carbocycles. The number of ether oxygens (including phenoxy) is 1.